The van der Waals surface area contributed by atoms with Gasteiger partial charge in [-0.05, 0) is 24.6 Å². The average molecular weight is 340 g/mol. The number of rotatable bonds is 2. The molecule has 0 spiro atoms. The smallest absolute Gasteiger partial charge is 0.350 e. The Hall–Kier alpha value is -1.82. The zero-order chi connectivity index (χ0) is 14.9. The van der Waals surface area contributed by atoms with Gasteiger partial charge in [-0.15, -0.1) is 0 Å². The molecule has 0 radical (unpaired) electrons. The maximum atomic E-state index is 11.8. The molecule has 0 aromatic heterocycles. The molecule has 1 aromatic carbocycles. The van der Waals surface area contributed by atoms with Gasteiger partial charge in [-0.25, -0.2) is 9.59 Å². The highest BCUT2D eigenvalue weighted by atomic mass is 79.9. The fourth-order valence-electron chi connectivity index (χ4n) is 1.69. The first kappa shape index (κ1) is 14.6. The Morgan fingerprint density at radius 3 is 2.40 bits per heavy atom. The highest BCUT2D eigenvalue weighted by Gasteiger charge is 2.38. The van der Waals surface area contributed by atoms with E-state index in [4.69, 9.17) is 9.47 Å². The van der Waals surface area contributed by atoms with Crippen molar-refractivity contribution in [1.29, 1.82) is 0 Å². The lowest BCUT2D eigenvalue weighted by Gasteiger charge is -2.29. The molecule has 106 valence electrons. The summed E-state index contributed by atoms with van der Waals surface area (Å²) in [5.74, 6) is -2.63. The van der Waals surface area contributed by atoms with E-state index in [1.807, 2.05) is 25.1 Å². The van der Waals surface area contributed by atoms with Crippen LogP contribution in [0.15, 0.2) is 34.4 Å². The van der Waals surface area contributed by atoms with Crippen LogP contribution in [0.2, 0.25) is 0 Å². The molecule has 0 saturated carbocycles. The van der Waals surface area contributed by atoms with E-state index in [2.05, 4.69) is 21.2 Å². The van der Waals surface area contributed by atoms with Crippen LogP contribution in [-0.4, -0.2) is 17.7 Å². The van der Waals surface area contributed by atoms with Crippen molar-refractivity contribution in [3.63, 3.8) is 0 Å². The molecule has 1 fully saturated rings. The Balaban J connectivity index is 2.22. The molecule has 1 N–H and O–H groups in total. The highest BCUT2D eigenvalue weighted by Crippen LogP contribution is 2.25. The number of hydrogen-bond acceptors (Lipinski definition) is 5. The normalized spacial score (nSPS) is 17.3. The van der Waals surface area contributed by atoms with Gasteiger partial charge >= 0.3 is 11.9 Å². The van der Waals surface area contributed by atoms with Gasteiger partial charge in [0.25, 0.3) is 5.79 Å². The van der Waals surface area contributed by atoms with E-state index in [0.717, 1.165) is 15.7 Å². The number of carbonyl (C=O) groups excluding carboxylic acids is 2. The molecule has 1 saturated heterocycles. The maximum absolute atomic E-state index is 11.8. The zero-order valence-corrected chi connectivity index (χ0v) is 12.9. The van der Waals surface area contributed by atoms with Gasteiger partial charge in [-0.2, -0.15) is 0 Å². The van der Waals surface area contributed by atoms with Gasteiger partial charge in [0, 0.05) is 30.2 Å². The molecule has 6 heteroatoms. The summed E-state index contributed by atoms with van der Waals surface area (Å²) in [5.41, 5.74) is 1.57. The Kier molecular flexibility index (Phi) is 3.85. The predicted octanol–water partition coefficient (Wildman–Crippen LogP) is 2.89. The van der Waals surface area contributed by atoms with E-state index in [9.17, 15) is 9.59 Å². The lowest BCUT2D eigenvalue weighted by atomic mass is 10.2. The molecule has 0 aliphatic carbocycles. The van der Waals surface area contributed by atoms with Gasteiger partial charge in [0.15, 0.2) is 5.57 Å². The van der Waals surface area contributed by atoms with Crippen LogP contribution in [0.3, 0.4) is 0 Å². The van der Waals surface area contributed by atoms with E-state index in [-0.39, 0.29) is 5.57 Å². The van der Waals surface area contributed by atoms with Crippen LogP contribution >= 0.6 is 15.9 Å². The Morgan fingerprint density at radius 2 is 1.80 bits per heavy atom. The standard InChI is InChI=1S/C14H14BrNO4/c1-8-10(15)5-4-6-11(8)16-7-9-12(17)19-14(2,3)20-13(9)18/h4-7,16H,1-3H3. The lowest BCUT2D eigenvalue weighted by molar-refractivity contribution is -0.222. The van der Waals surface area contributed by atoms with Crippen molar-refractivity contribution in [2.24, 2.45) is 0 Å². The highest BCUT2D eigenvalue weighted by molar-refractivity contribution is 9.10. The molecule has 1 aliphatic heterocycles. The topological polar surface area (TPSA) is 64.6 Å². The molecular weight excluding hydrogens is 326 g/mol. The van der Waals surface area contributed by atoms with Gasteiger partial charge in [-0.3, -0.25) is 0 Å². The minimum absolute atomic E-state index is 0.163. The molecule has 0 amide bonds. The second kappa shape index (κ2) is 5.28. The SMILES string of the molecule is Cc1c(Br)cccc1NC=C1C(=O)OC(C)(C)OC1=O. The molecule has 0 atom stereocenters. The van der Waals surface area contributed by atoms with Crippen LogP contribution in [0.5, 0.6) is 0 Å². The molecule has 0 unspecified atom stereocenters. The molecule has 2 rings (SSSR count). The first-order chi connectivity index (χ1) is 9.30. The van der Waals surface area contributed by atoms with E-state index in [1.54, 1.807) is 0 Å². The van der Waals surface area contributed by atoms with Gasteiger partial charge in [0.1, 0.15) is 0 Å². The number of halogens is 1. The zero-order valence-electron chi connectivity index (χ0n) is 11.3. The second-order valence-corrected chi connectivity index (χ2v) is 5.65. The van der Waals surface area contributed by atoms with Crippen molar-refractivity contribution in [3.05, 3.63) is 40.0 Å². The summed E-state index contributed by atoms with van der Waals surface area (Å²) < 4.78 is 10.9. The number of nitrogens with one attached hydrogen (secondary N) is 1. The van der Waals surface area contributed by atoms with Gasteiger partial charge in [0.05, 0.1) is 0 Å². The molecule has 1 heterocycles. The number of hydrogen-bond donors (Lipinski definition) is 1. The monoisotopic (exact) mass is 339 g/mol. The van der Waals surface area contributed by atoms with Crippen molar-refractivity contribution in [3.8, 4) is 0 Å². The maximum Gasteiger partial charge on any atom is 0.350 e. The summed E-state index contributed by atoms with van der Waals surface area (Å²) >= 11 is 3.41. The van der Waals surface area contributed by atoms with Gasteiger partial charge < -0.3 is 14.8 Å². The van der Waals surface area contributed by atoms with E-state index in [1.165, 1.54) is 20.0 Å². The summed E-state index contributed by atoms with van der Waals surface area (Å²) in [7, 11) is 0. The van der Waals surface area contributed by atoms with Crippen molar-refractivity contribution >= 4 is 33.6 Å². The first-order valence-corrected chi connectivity index (χ1v) is 6.78. The number of anilines is 1. The largest absolute Gasteiger partial charge is 0.419 e. The number of cyclic esters (lactones) is 2. The average Bonchev–Trinajstić information content (AvgIpc) is 2.31. The minimum atomic E-state index is -1.23. The van der Waals surface area contributed by atoms with Gasteiger partial charge in [0.2, 0.25) is 0 Å². The van der Waals surface area contributed by atoms with Crippen LogP contribution < -0.4 is 5.32 Å². The minimum Gasteiger partial charge on any atom is -0.419 e. The molecule has 1 aliphatic rings. The summed E-state index contributed by atoms with van der Waals surface area (Å²) in [6, 6.07) is 5.58. The Morgan fingerprint density at radius 1 is 1.20 bits per heavy atom. The molecule has 20 heavy (non-hydrogen) atoms. The Bertz CT molecular complexity index is 585. The van der Waals surface area contributed by atoms with Crippen molar-refractivity contribution in [2.75, 3.05) is 5.32 Å². The molecule has 1 aromatic rings. The fourth-order valence-corrected chi connectivity index (χ4v) is 2.06. The van der Waals surface area contributed by atoms with E-state index < -0.39 is 17.7 Å². The fraction of sp³-hybridized carbons (Fsp3) is 0.286. The number of esters is 2. The quantitative estimate of drug-likeness (QED) is 0.510. The van der Waals surface area contributed by atoms with Gasteiger partial charge in [-0.1, -0.05) is 22.0 Å². The third-order valence-electron chi connectivity index (χ3n) is 2.76. The van der Waals surface area contributed by atoms with Crippen LogP contribution in [0, 0.1) is 6.92 Å². The summed E-state index contributed by atoms with van der Waals surface area (Å²) in [5, 5.41) is 2.92. The number of benzene rings is 1. The Labute approximate surface area is 125 Å². The lowest BCUT2D eigenvalue weighted by Crippen LogP contribution is -2.42. The third-order valence-corrected chi connectivity index (χ3v) is 3.62. The van der Waals surface area contributed by atoms with Crippen molar-refractivity contribution < 1.29 is 19.1 Å². The first-order valence-electron chi connectivity index (χ1n) is 5.99. The van der Waals surface area contributed by atoms with Crippen molar-refractivity contribution in [1.82, 2.24) is 0 Å². The molecular formula is C14H14BrNO4. The van der Waals surface area contributed by atoms with Crippen LogP contribution in [-0.2, 0) is 19.1 Å². The van der Waals surface area contributed by atoms with Crippen LogP contribution in [0.1, 0.15) is 19.4 Å². The number of carbonyl (C=O) groups is 2. The second-order valence-electron chi connectivity index (χ2n) is 4.79. The predicted molar refractivity (Wildman–Crippen MR) is 76.8 cm³/mol. The summed E-state index contributed by atoms with van der Waals surface area (Å²) in [6.45, 7) is 4.92. The summed E-state index contributed by atoms with van der Waals surface area (Å²) in [4.78, 5) is 23.5. The molecule has 5 nitrogen and oxygen atoms in total. The van der Waals surface area contributed by atoms with Crippen molar-refractivity contribution in [2.45, 2.75) is 26.6 Å². The third kappa shape index (κ3) is 3.01. The molecule has 0 bridgehead atoms. The summed E-state index contributed by atoms with van der Waals surface area (Å²) in [6.07, 6.45) is 1.30. The van der Waals surface area contributed by atoms with E-state index in [0.29, 0.717) is 0 Å². The number of ether oxygens (including phenoxy) is 2. The van der Waals surface area contributed by atoms with Crippen LogP contribution in [0.25, 0.3) is 0 Å². The van der Waals surface area contributed by atoms with Crippen LogP contribution in [0.4, 0.5) is 5.69 Å². The van der Waals surface area contributed by atoms with E-state index >= 15 is 0 Å².